The summed E-state index contributed by atoms with van der Waals surface area (Å²) in [5.74, 6) is -1.33. The third-order valence-electron chi connectivity index (χ3n) is 7.90. The number of anilines is 1. The van der Waals surface area contributed by atoms with E-state index in [2.05, 4.69) is 36.7 Å². The maximum absolute atomic E-state index is 14.3. The molecule has 288 valence electrons. The van der Waals surface area contributed by atoms with E-state index in [0.717, 1.165) is 27.5 Å². The molecule has 6 N–H and O–H groups in total. The number of nitrogens with zero attached hydrogens (tertiary/aromatic N) is 4. The lowest BCUT2D eigenvalue weighted by atomic mass is 10.0. The van der Waals surface area contributed by atoms with Gasteiger partial charge >= 0.3 is 18.1 Å². The number of aryl methyl sites for hydroxylation is 1. The first-order valence-corrected chi connectivity index (χ1v) is 20.5. The van der Waals surface area contributed by atoms with E-state index in [4.69, 9.17) is 15.2 Å². The van der Waals surface area contributed by atoms with Crippen LogP contribution in [0, 0.1) is 6.92 Å². The molecule has 2 aliphatic heterocycles. The number of hydrogen-bond acceptors (Lipinski definition) is 15. The van der Waals surface area contributed by atoms with Gasteiger partial charge in [-0.05, 0) is 44.4 Å². The Bertz CT molecular complexity index is 2050. The number of thioether (sulfide) groups is 2. The number of carbonyl (C=O) groups excluding carboxylic acids is 5. The predicted molar refractivity (Wildman–Crippen MR) is 209 cm³/mol. The van der Waals surface area contributed by atoms with Crippen molar-refractivity contribution in [2.24, 2.45) is 0 Å². The number of urea groups is 1. The fraction of sp³-hybridized carbons (Fsp3) is 0.314. The molecule has 6 rings (SSSR count). The topological polar surface area (TPSA) is 220 Å². The molecule has 5 amide bonds. The van der Waals surface area contributed by atoms with Gasteiger partial charge in [0.1, 0.15) is 27.7 Å². The first kappa shape index (κ1) is 39.5. The third kappa shape index (κ3) is 9.74. The number of thiazole rings is 1. The second-order valence-corrected chi connectivity index (χ2v) is 17.5. The Balaban J connectivity index is 1.22. The summed E-state index contributed by atoms with van der Waals surface area (Å²) in [4.78, 5) is 72.5. The Morgan fingerprint density at radius 2 is 1.69 bits per heavy atom. The van der Waals surface area contributed by atoms with Crippen molar-refractivity contribution in [1.82, 2.24) is 41.6 Å². The molecule has 55 heavy (non-hydrogen) atoms. The average Bonchev–Trinajstić information content (AvgIpc) is 3.79. The standard InChI is InChI=1S/C35H37N9O7S4/c1-18-40-43-34(55-18)54-16-21-15-52-29-24(38-27(45)23(22-17-53-31(36)37-22)39-32(48)41-42-33(49)51-35(2,3)4)28(46)44(29)25(21)30(47)50-26(19-11-7-5-8-12-19)20-13-9-6-10-14-20/h5-14,17,23-24,26,29H,15-16H2,1-4H3,(H2,36,37)(H,38,45)(H,42,49)(H2,39,41,48). The summed E-state index contributed by atoms with van der Waals surface area (Å²) in [5, 5.41) is 15.2. The molecule has 20 heteroatoms. The third-order valence-corrected chi connectivity index (χ3v) is 12.0. The highest BCUT2D eigenvalue weighted by Crippen LogP contribution is 2.43. The monoisotopic (exact) mass is 823 g/mol. The molecule has 4 heterocycles. The molecule has 3 unspecified atom stereocenters. The SMILES string of the molecule is Cc1nnc(SCC2=C(C(=O)OC(c3ccccc3)c3ccccc3)N3C(=O)C(NC(=O)C(NC(=O)NNC(=O)OC(C)(C)C)c4csc(N)n4)C3SC2)s1. The molecular formula is C35H37N9O7S4. The lowest BCUT2D eigenvalue weighted by Gasteiger charge is -2.50. The number of β-lactam (4-membered cyclic amide) rings is 1. The molecule has 1 saturated heterocycles. The van der Waals surface area contributed by atoms with E-state index >= 15 is 0 Å². The second-order valence-electron chi connectivity index (χ2n) is 13.1. The van der Waals surface area contributed by atoms with E-state index < -0.39 is 59.1 Å². The number of aromatic nitrogens is 3. The Hall–Kier alpha value is -5.18. The highest BCUT2D eigenvalue weighted by atomic mass is 32.2. The molecule has 0 bridgehead atoms. The highest BCUT2D eigenvalue weighted by Gasteiger charge is 2.55. The summed E-state index contributed by atoms with van der Waals surface area (Å²) in [6, 6.07) is 15.2. The minimum absolute atomic E-state index is 0.0967. The number of nitrogens with one attached hydrogen (secondary N) is 4. The number of amides is 5. The lowest BCUT2D eigenvalue weighted by molar-refractivity contribution is -0.154. The number of hydrogen-bond donors (Lipinski definition) is 5. The Morgan fingerprint density at radius 3 is 2.27 bits per heavy atom. The van der Waals surface area contributed by atoms with Crippen LogP contribution in [0.15, 0.2) is 81.7 Å². The van der Waals surface area contributed by atoms with Crippen LogP contribution in [0.4, 0.5) is 14.7 Å². The van der Waals surface area contributed by atoms with Crippen LogP contribution >= 0.6 is 46.2 Å². The van der Waals surface area contributed by atoms with E-state index in [0.29, 0.717) is 21.4 Å². The number of rotatable bonds is 11. The molecule has 1 fully saturated rings. The Kier molecular flexibility index (Phi) is 12.3. The van der Waals surface area contributed by atoms with Crippen molar-refractivity contribution < 1.29 is 33.4 Å². The fourth-order valence-corrected chi connectivity index (χ4v) is 9.43. The molecule has 0 spiro atoms. The van der Waals surface area contributed by atoms with E-state index in [-0.39, 0.29) is 16.5 Å². The molecule has 4 aromatic rings. The smallest absolute Gasteiger partial charge is 0.426 e. The largest absolute Gasteiger partial charge is 0.448 e. The van der Waals surface area contributed by atoms with Crippen LogP contribution in [-0.2, 0) is 23.9 Å². The van der Waals surface area contributed by atoms with Crippen LogP contribution < -0.4 is 27.2 Å². The van der Waals surface area contributed by atoms with Crippen molar-refractivity contribution in [2.75, 3.05) is 17.2 Å². The number of esters is 1. The maximum Gasteiger partial charge on any atom is 0.426 e. The van der Waals surface area contributed by atoms with Crippen molar-refractivity contribution in [1.29, 1.82) is 0 Å². The van der Waals surface area contributed by atoms with Crippen LogP contribution in [0.3, 0.4) is 0 Å². The number of nitrogens with two attached hydrogens (primary N) is 1. The zero-order valence-corrected chi connectivity index (χ0v) is 33.2. The number of nitrogen functional groups attached to an aromatic ring is 1. The van der Waals surface area contributed by atoms with Gasteiger partial charge in [0.05, 0.1) is 5.69 Å². The van der Waals surface area contributed by atoms with Crippen molar-refractivity contribution in [3.8, 4) is 0 Å². The van der Waals surface area contributed by atoms with Crippen molar-refractivity contribution in [2.45, 2.75) is 61.2 Å². The average molecular weight is 824 g/mol. The molecule has 16 nitrogen and oxygen atoms in total. The molecule has 2 aromatic carbocycles. The minimum atomic E-state index is -1.41. The fourth-order valence-electron chi connectivity index (χ4n) is 5.54. The minimum Gasteiger partial charge on any atom is -0.448 e. The van der Waals surface area contributed by atoms with Gasteiger partial charge in [-0.2, -0.15) is 0 Å². The first-order valence-electron chi connectivity index (χ1n) is 16.7. The lowest BCUT2D eigenvalue weighted by Crippen LogP contribution is -2.71. The summed E-state index contributed by atoms with van der Waals surface area (Å²) in [5.41, 5.74) is 11.6. The van der Waals surface area contributed by atoms with Gasteiger partial charge in [0.25, 0.3) is 5.91 Å². The number of fused-ring (bicyclic) bond motifs is 1. The van der Waals surface area contributed by atoms with Gasteiger partial charge in [-0.25, -0.2) is 30.2 Å². The number of carbonyl (C=O) groups is 5. The van der Waals surface area contributed by atoms with Crippen LogP contribution in [0.5, 0.6) is 0 Å². The number of ether oxygens (including phenoxy) is 2. The molecular weight excluding hydrogens is 787 g/mol. The molecule has 0 saturated carbocycles. The number of benzene rings is 2. The zero-order valence-electron chi connectivity index (χ0n) is 29.9. The van der Waals surface area contributed by atoms with Crippen LogP contribution in [0.2, 0.25) is 0 Å². The Morgan fingerprint density at radius 1 is 1.02 bits per heavy atom. The summed E-state index contributed by atoms with van der Waals surface area (Å²) in [6.45, 7) is 6.81. The van der Waals surface area contributed by atoms with E-state index in [1.807, 2.05) is 67.6 Å². The van der Waals surface area contributed by atoms with Gasteiger partial charge in [0.15, 0.2) is 21.6 Å². The van der Waals surface area contributed by atoms with Crippen LogP contribution in [0.1, 0.15) is 54.7 Å². The normalized spacial score (nSPS) is 17.1. The van der Waals surface area contributed by atoms with Gasteiger partial charge in [0, 0.05) is 16.9 Å². The number of hydrazine groups is 1. The van der Waals surface area contributed by atoms with Crippen molar-refractivity contribution in [3.05, 3.63) is 99.1 Å². The second kappa shape index (κ2) is 17.1. The van der Waals surface area contributed by atoms with Gasteiger partial charge in [-0.15, -0.1) is 33.3 Å². The predicted octanol–water partition coefficient (Wildman–Crippen LogP) is 4.44. The summed E-state index contributed by atoms with van der Waals surface area (Å²) < 4.78 is 12.1. The van der Waals surface area contributed by atoms with E-state index in [1.165, 1.54) is 45.1 Å². The molecule has 0 aliphatic carbocycles. The molecule has 3 atom stereocenters. The van der Waals surface area contributed by atoms with E-state index in [9.17, 15) is 24.0 Å². The van der Waals surface area contributed by atoms with Crippen LogP contribution in [-0.4, -0.2) is 78.5 Å². The first-order chi connectivity index (χ1) is 26.3. The zero-order chi connectivity index (χ0) is 39.3. The summed E-state index contributed by atoms with van der Waals surface area (Å²) in [7, 11) is 0. The van der Waals surface area contributed by atoms with Gasteiger partial charge in [0.2, 0.25) is 5.91 Å². The van der Waals surface area contributed by atoms with Crippen molar-refractivity contribution in [3.63, 3.8) is 0 Å². The quantitative estimate of drug-likeness (QED) is 0.0612. The summed E-state index contributed by atoms with van der Waals surface area (Å²) in [6.07, 6.45) is -1.69. The molecule has 2 aliphatic rings. The van der Waals surface area contributed by atoms with Gasteiger partial charge in [-0.3, -0.25) is 14.5 Å². The maximum atomic E-state index is 14.3. The highest BCUT2D eigenvalue weighted by molar-refractivity contribution is 8.01. The van der Waals surface area contributed by atoms with Crippen LogP contribution in [0.25, 0.3) is 0 Å². The van der Waals surface area contributed by atoms with Gasteiger partial charge < -0.3 is 25.8 Å². The Labute approximate surface area is 332 Å². The molecule has 2 aromatic heterocycles. The van der Waals surface area contributed by atoms with Gasteiger partial charge in [-0.1, -0.05) is 83.8 Å². The summed E-state index contributed by atoms with van der Waals surface area (Å²) >= 11 is 5.24. The van der Waals surface area contributed by atoms with Crippen molar-refractivity contribution >= 4 is 81.2 Å². The van der Waals surface area contributed by atoms with E-state index in [1.54, 1.807) is 20.8 Å². The molecule has 0 radical (unpaired) electrons.